The van der Waals surface area contributed by atoms with Crippen molar-refractivity contribution in [3.05, 3.63) is 130 Å². The van der Waals surface area contributed by atoms with E-state index in [0.29, 0.717) is 18.5 Å². The van der Waals surface area contributed by atoms with Crippen molar-refractivity contribution < 1.29 is 9.18 Å². The van der Waals surface area contributed by atoms with Gasteiger partial charge in [0.15, 0.2) is 0 Å². The number of aromatic amines is 1. The Hall–Kier alpha value is -3.99. The van der Waals surface area contributed by atoms with E-state index in [2.05, 4.69) is 10.3 Å². The molecule has 1 unspecified atom stereocenters. The van der Waals surface area contributed by atoms with Gasteiger partial charge < -0.3 is 10.3 Å². The Morgan fingerprint density at radius 2 is 1.64 bits per heavy atom. The monoisotopic (exact) mass is 440 g/mol. The third-order valence-electron chi connectivity index (χ3n) is 5.69. The lowest BCUT2D eigenvalue weighted by Crippen LogP contribution is -2.33. The molecule has 0 saturated carbocycles. The number of amides is 1. The van der Waals surface area contributed by atoms with Crippen LogP contribution in [0, 0.1) is 12.7 Å². The molecular weight excluding hydrogens is 415 g/mol. The van der Waals surface area contributed by atoms with Crippen LogP contribution in [0.15, 0.2) is 95.8 Å². The Labute approximate surface area is 192 Å². The number of carbonyl (C=O) groups is 1. The van der Waals surface area contributed by atoms with Crippen LogP contribution in [-0.4, -0.2) is 10.9 Å². The lowest BCUT2D eigenvalue weighted by Gasteiger charge is -2.20. The van der Waals surface area contributed by atoms with Crippen molar-refractivity contribution in [2.75, 3.05) is 0 Å². The standard InChI is InChI=1S/C28H25FN2O2/c1-19-24(21-10-4-2-5-11-21)18-25(27(32)30-19)28(33)31-26(22-12-6-3-7-13-22)16-15-20-9-8-14-23(29)17-20/h2-14,17-18,26H,15-16H2,1H3,(H,30,32)(H,31,33). The molecule has 0 aliphatic heterocycles. The summed E-state index contributed by atoms with van der Waals surface area (Å²) in [5, 5.41) is 3.02. The van der Waals surface area contributed by atoms with Crippen LogP contribution in [0.2, 0.25) is 0 Å². The van der Waals surface area contributed by atoms with Gasteiger partial charge in [-0.1, -0.05) is 72.8 Å². The minimum Gasteiger partial charge on any atom is -0.345 e. The summed E-state index contributed by atoms with van der Waals surface area (Å²) < 4.78 is 13.6. The molecule has 0 fully saturated rings. The molecule has 3 aromatic carbocycles. The van der Waals surface area contributed by atoms with Crippen LogP contribution in [-0.2, 0) is 6.42 Å². The van der Waals surface area contributed by atoms with E-state index >= 15 is 0 Å². The molecule has 4 nitrogen and oxygen atoms in total. The number of nitrogens with one attached hydrogen (secondary N) is 2. The van der Waals surface area contributed by atoms with E-state index in [1.807, 2.05) is 73.7 Å². The molecule has 0 aliphatic carbocycles. The van der Waals surface area contributed by atoms with Crippen LogP contribution in [0.3, 0.4) is 0 Å². The van der Waals surface area contributed by atoms with Gasteiger partial charge in [0.1, 0.15) is 11.4 Å². The van der Waals surface area contributed by atoms with Crippen molar-refractivity contribution in [2.24, 2.45) is 0 Å². The molecular formula is C28H25FN2O2. The number of aromatic nitrogens is 1. The van der Waals surface area contributed by atoms with Gasteiger partial charge in [-0.25, -0.2) is 4.39 Å². The average Bonchev–Trinajstić information content (AvgIpc) is 2.83. The molecule has 1 heterocycles. The van der Waals surface area contributed by atoms with Gasteiger partial charge in [-0.3, -0.25) is 9.59 Å². The molecule has 0 radical (unpaired) electrons. The average molecular weight is 441 g/mol. The van der Waals surface area contributed by atoms with Crippen LogP contribution in [0.5, 0.6) is 0 Å². The molecule has 1 atom stereocenters. The van der Waals surface area contributed by atoms with Crippen molar-refractivity contribution >= 4 is 5.91 Å². The minimum absolute atomic E-state index is 0.0612. The first-order valence-electron chi connectivity index (χ1n) is 10.9. The topological polar surface area (TPSA) is 62.0 Å². The molecule has 1 aromatic heterocycles. The summed E-state index contributed by atoms with van der Waals surface area (Å²) in [5.41, 5.74) is 3.84. The van der Waals surface area contributed by atoms with Gasteiger partial charge in [-0.2, -0.15) is 0 Å². The van der Waals surface area contributed by atoms with E-state index in [1.165, 1.54) is 12.1 Å². The second kappa shape index (κ2) is 10.1. The summed E-state index contributed by atoms with van der Waals surface area (Å²) in [6.07, 6.45) is 1.14. The zero-order valence-electron chi connectivity index (χ0n) is 18.3. The van der Waals surface area contributed by atoms with Crippen molar-refractivity contribution in [2.45, 2.75) is 25.8 Å². The van der Waals surface area contributed by atoms with Crippen LogP contribution in [0.4, 0.5) is 4.39 Å². The summed E-state index contributed by atoms with van der Waals surface area (Å²) in [5.74, 6) is -0.728. The summed E-state index contributed by atoms with van der Waals surface area (Å²) in [7, 11) is 0. The predicted octanol–water partition coefficient (Wildman–Crippen LogP) is 5.59. The number of hydrogen-bond donors (Lipinski definition) is 2. The maximum Gasteiger partial charge on any atom is 0.261 e. The van der Waals surface area contributed by atoms with Crippen molar-refractivity contribution in [1.82, 2.24) is 10.3 Å². The van der Waals surface area contributed by atoms with E-state index in [0.717, 1.165) is 22.3 Å². The Morgan fingerprint density at radius 3 is 2.33 bits per heavy atom. The van der Waals surface area contributed by atoms with E-state index in [-0.39, 0.29) is 17.4 Å². The molecule has 33 heavy (non-hydrogen) atoms. The van der Waals surface area contributed by atoms with Crippen LogP contribution < -0.4 is 10.9 Å². The summed E-state index contributed by atoms with van der Waals surface area (Å²) in [4.78, 5) is 28.7. The van der Waals surface area contributed by atoms with Gasteiger partial charge in [0.05, 0.1) is 6.04 Å². The molecule has 5 heteroatoms. The SMILES string of the molecule is Cc1[nH]c(=O)c(C(=O)NC(CCc2cccc(F)c2)c2ccccc2)cc1-c1ccccc1. The fourth-order valence-corrected chi connectivity index (χ4v) is 3.96. The maximum atomic E-state index is 13.6. The first-order chi connectivity index (χ1) is 16.0. The Bertz CT molecular complexity index is 1300. The highest BCUT2D eigenvalue weighted by Gasteiger charge is 2.19. The smallest absolute Gasteiger partial charge is 0.261 e. The first kappa shape index (κ1) is 22.2. The maximum absolute atomic E-state index is 13.6. The van der Waals surface area contributed by atoms with E-state index in [4.69, 9.17) is 0 Å². The Kier molecular flexibility index (Phi) is 6.79. The molecule has 4 rings (SSSR count). The molecule has 0 saturated heterocycles. The fourth-order valence-electron chi connectivity index (χ4n) is 3.96. The quantitative estimate of drug-likeness (QED) is 0.393. The first-order valence-corrected chi connectivity index (χ1v) is 10.9. The number of pyridine rings is 1. The zero-order valence-corrected chi connectivity index (χ0v) is 18.3. The van der Waals surface area contributed by atoms with Gasteiger partial charge in [0, 0.05) is 11.3 Å². The number of carbonyl (C=O) groups excluding carboxylic acids is 1. The summed E-state index contributed by atoms with van der Waals surface area (Å²) >= 11 is 0. The van der Waals surface area contributed by atoms with Crippen molar-refractivity contribution in [3.63, 3.8) is 0 Å². The molecule has 0 bridgehead atoms. The third kappa shape index (κ3) is 5.44. The molecule has 166 valence electrons. The molecule has 4 aromatic rings. The lowest BCUT2D eigenvalue weighted by molar-refractivity contribution is 0.0933. The number of aryl methyl sites for hydroxylation is 2. The third-order valence-corrected chi connectivity index (χ3v) is 5.69. The highest BCUT2D eigenvalue weighted by molar-refractivity contribution is 5.95. The molecule has 0 aliphatic rings. The second-order valence-electron chi connectivity index (χ2n) is 8.02. The number of benzene rings is 3. The minimum atomic E-state index is -0.443. The summed E-state index contributed by atoms with van der Waals surface area (Å²) in [6, 6.07) is 27.0. The highest BCUT2D eigenvalue weighted by Crippen LogP contribution is 2.23. The van der Waals surface area contributed by atoms with Crippen molar-refractivity contribution in [1.29, 1.82) is 0 Å². The predicted molar refractivity (Wildman–Crippen MR) is 129 cm³/mol. The normalized spacial score (nSPS) is 11.7. The highest BCUT2D eigenvalue weighted by atomic mass is 19.1. The van der Waals surface area contributed by atoms with Gasteiger partial charge in [0.25, 0.3) is 11.5 Å². The van der Waals surface area contributed by atoms with Gasteiger partial charge in [0.2, 0.25) is 0 Å². The molecule has 2 N–H and O–H groups in total. The molecule has 1 amide bonds. The Morgan fingerprint density at radius 1 is 0.939 bits per heavy atom. The van der Waals surface area contributed by atoms with Gasteiger partial charge in [-0.05, 0) is 54.7 Å². The summed E-state index contributed by atoms with van der Waals surface area (Å²) in [6.45, 7) is 1.82. The number of halogens is 1. The van der Waals surface area contributed by atoms with Crippen LogP contribution in [0.1, 0.15) is 39.6 Å². The number of rotatable bonds is 7. The number of hydrogen-bond acceptors (Lipinski definition) is 2. The van der Waals surface area contributed by atoms with E-state index < -0.39 is 11.5 Å². The second-order valence-corrected chi connectivity index (χ2v) is 8.02. The lowest BCUT2D eigenvalue weighted by atomic mass is 9.98. The van der Waals surface area contributed by atoms with Gasteiger partial charge >= 0.3 is 0 Å². The Balaban J connectivity index is 1.61. The molecule has 0 spiro atoms. The van der Waals surface area contributed by atoms with E-state index in [9.17, 15) is 14.0 Å². The van der Waals surface area contributed by atoms with Crippen LogP contribution >= 0.6 is 0 Å². The fraction of sp³-hybridized carbons (Fsp3) is 0.143. The number of H-pyrrole nitrogens is 1. The zero-order chi connectivity index (χ0) is 23.2. The van der Waals surface area contributed by atoms with Gasteiger partial charge in [-0.15, -0.1) is 0 Å². The van der Waals surface area contributed by atoms with Crippen LogP contribution in [0.25, 0.3) is 11.1 Å². The van der Waals surface area contributed by atoms with Crippen molar-refractivity contribution in [3.8, 4) is 11.1 Å². The van der Waals surface area contributed by atoms with E-state index in [1.54, 1.807) is 12.1 Å². The largest absolute Gasteiger partial charge is 0.345 e.